The molecule has 15 heavy (non-hydrogen) atoms. The highest BCUT2D eigenvalue weighted by molar-refractivity contribution is 5.65. The summed E-state index contributed by atoms with van der Waals surface area (Å²) in [5.41, 5.74) is 2.70. The van der Waals surface area contributed by atoms with E-state index in [4.69, 9.17) is 0 Å². The molecule has 1 aromatic heterocycles. The fourth-order valence-corrected chi connectivity index (χ4v) is 2.11. The van der Waals surface area contributed by atoms with E-state index in [-0.39, 0.29) is 0 Å². The first kappa shape index (κ1) is 10.3. The van der Waals surface area contributed by atoms with Crippen molar-refractivity contribution in [2.45, 2.75) is 46.2 Å². The molecular formula is C12H19N3. The van der Waals surface area contributed by atoms with Gasteiger partial charge < -0.3 is 9.88 Å². The lowest BCUT2D eigenvalue weighted by molar-refractivity contribution is 0.563. The minimum Gasteiger partial charge on any atom is -0.372 e. The second kappa shape index (κ2) is 3.72. The van der Waals surface area contributed by atoms with Gasteiger partial charge in [-0.25, -0.2) is 4.99 Å². The van der Waals surface area contributed by atoms with Crippen molar-refractivity contribution in [1.82, 2.24) is 9.88 Å². The van der Waals surface area contributed by atoms with E-state index in [1.54, 1.807) is 6.34 Å². The van der Waals surface area contributed by atoms with Crippen LogP contribution in [0.1, 0.15) is 50.9 Å². The molecule has 0 aromatic carbocycles. The van der Waals surface area contributed by atoms with Crippen LogP contribution in [0.15, 0.2) is 11.1 Å². The summed E-state index contributed by atoms with van der Waals surface area (Å²) in [6.45, 7) is 9.79. The largest absolute Gasteiger partial charge is 0.372 e. The van der Waals surface area contributed by atoms with Gasteiger partial charge in [-0.2, -0.15) is 0 Å². The number of aliphatic imine (C=N–C) groups is 1. The van der Waals surface area contributed by atoms with Crippen LogP contribution >= 0.6 is 0 Å². The van der Waals surface area contributed by atoms with Gasteiger partial charge in [0.05, 0.1) is 6.34 Å². The third-order valence-corrected chi connectivity index (χ3v) is 2.79. The molecule has 1 aromatic rings. The van der Waals surface area contributed by atoms with E-state index in [9.17, 15) is 0 Å². The van der Waals surface area contributed by atoms with Crippen molar-refractivity contribution in [2.75, 3.05) is 0 Å². The van der Waals surface area contributed by atoms with Crippen molar-refractivity contribution < 1.29 is 0 Å². The molecule has 1 aliphatic heterocycles. The van der Waals surface area contributed by atoms with E-state index in [0.717, 1.165) is 12.4 Å². The summed E-state index contributed by atoms with van der Waals surface area (Å²) in [7, 11) is 0. The van der Waals surface area contributed by atoms with Gasteiger partial charge in [-0.3, -0.25) is 0 Å². The van der Waals surface area contributed by atoms with Crippen LogP contribution in [0.4, 0.5) is 5.82 Å². The van der Waals surface area contributed by atoms with Gasteiger partial charge in [0.15, 0.2) is 0 Å². The maximum absolute atomic E-state index is 4.44. The Kier molecular flexibility index (Phi) is 2.55. The zero-order valence-electron chi connectivity index (χ0n) is 9.91. The molecule has 0 saturated carbocycles. The van der Waals surface area contributed by atoms with Crippen LogP contribution in [0, 0.1) is 0 Å². The third kappa shape index (κ3) is 1.66. The lowest BCUT2D eigenvalue weighted by Crippen LogP contribution is -2.14. The highest BCUT2D eigenvalue weighted by Gasteiger charge is 2.19. The summed E-state index contributed by atoms with van der Waals surface area (Å²) in [6, 6.07) is 2.75. The van der Waals surface area contributed by atoms with Gasteiger partial charge in [0.1, 0.15) is 5.82 Å². The number of rotatable bonds is 2. The third-order valence-electron chi connectivity index (χ3n) is 2.79. The first-order valence-electron chi connectivity index (χ1n) is 5.61. The van der Waals surface area contributed by atoms with Crippen LogP contribution in [0.25, 0.3) is 0 Å². The summed E-state index contributed by atoms with van der Waals surface area (Å²) in [6.07, 6.45) is 1.80. The smallest absolute Gasteiger partial charge is 0.139 e. The van der Waals surface area contributed by atoms with Gasteiger partial charge in [0, 0.05) is 23.8 Å². The Hall–Kier alpha value is -1.25. The summed E-state index contributed by atoms with van der Waals surface area (Å²) in [4.78, 5) is 4.44. The van der Waals surface area contributed by atoms with Gasteiger partial charge >= 0.3 is 0 Å². The highest BCUT2D eigenvalue weighted by Crippen LogP contribution is 2.33. The Balaban J connectivity index is 2.57. The number of hydrogen-bond donors (Lipinski definition) is 1. The van der Waals surface area contributed by atoms with E-state index in [0.29, 0.717) is 12.0 Å². The number of nitrogens with one attached hydrogen (secondary N) is 1. The number of aromatic nitrogens is 1. The molecule has 2 rings (SSSR count). The maximum atomic E-state index is 4.44. The summed E-state index contributed by atoms with van der Waals surface area (Å²) in [5.74, 6) is 1.68. The van der Waals surface area contributed by atoms with Gasteiger partial charge in [-0.15, -0.1) is 0 Å². The zero-order valence-corrected chi connectivity index (χ0v) is 9.91. The minimum absolute atomic E-state index is 0.474. The summed E-state index contributed by atoms with van der Waals surface area (Å²) < 4.78 is 2.34. The van der Waals surface area contributed by atoms with Crippen LogP contribution < -0.4 is 5.32 Å². The number of hydrogen-bond acceptors (Lipinski definition) is 2. The zero-order chi connectivity index (χ0) is 11.0. The van der Waals surface area contributed by atoms with Crippen molar-refractivity contribution in [2.24, 2.45) is 4.99 Å². The molecule has 2 heterocycles. The Morgan fingerprint density at radius 1 is 1.33 bits per heavy atom. The summed E-state index contributed by atoms with van der Waals surface area (Å²) >= 11 is 0. The first-order valence-corrected chi connectivity index (χ1v) is 5.61. The predicted octanol–water partition coefficient (Wildman–Crippen LogP) is 2.96. The van der Waals surface area contributed by atoms with Crippen LogP contribution in [-0.4, -0.2) is 10.9 Å². The molecule has 0 unspecified atom stereocenters. The Morgan fingerprint density at radius 3 is 2.67 bits per heavy atom. The molecular weight excluding hydrogens is 186 g/mol. The molecule has 0 spiro atoms. The molecule has 1 N–H and O–H groups in total. The summed E-state index contributed by atoms with van der Waals surface area (Å²) in [5, 5.41) is 3.15. The fraction of sp³-hybridized carbons (Fsp3) is 0.583. The van der Waals surface area contributed by atoms with E-state index < -0.39 is 0 Å². The normalized spacial score (nSPS) is 14.5. The molecule has 0 aliphatic carbocycles. The minimum atomic E-state index is 0.474. The van der Waals surface area contributed by atoms with E-state index in [2.05, 4.69) is 48.6 Å². The molecule has 0 fully saturated rings. The van der Waals surface area contributed by atoms with Crippen LogP contribution in [0.3, 0.4) is 0 Å². The predicted molar refractivity (Wildman–Crippen MR) is 63.9 cm³/mol. The molecule has 0 amide bonds. The molecule has 82 valence electrons. The average molecular weight is 205 g/mol. The van der Waals surface area contributed by atoms with Gasteiger partial charge in [0.25, 0.3) is 0 Å². The SMILES string of the molecule is CC(C)c1cc2c(n1C(C)C)N=CNC2. The van der Waals surface area contributed by atoms with Gasteiger partial charge in [-0.1, -0.05) is 13.8 Å². The standard InChI is InChI=1S/C12H19N3/c1-8(2)11-5-10-6-13-7-14-12(10)15(11)9(3)4/h5,7-9H,6H2,1-4H3,(H,13,14). The van der Waals surface area contributed by atoms with Crippen molar-refractivity contribution in [3.8, 4) is 0 Å². The Bertz CT molecular complexity index is 386. The van der Waals surface area contributed by atoms with Crippen molar-refractivity contribution in [3.05, 3.63) is 17.3 Å². The Labute approximate surface area is 91.2 Å². The average Bonchev–Trinajstić information content (AvgIpc) is 2.56. The molecule has 1 aliphatic rings. The van der Waals surface area contributed by atoms with E-state index in [1.807, 2.05) is 0 Å². The van der Waals surface area contributed by atoms with Crippen LogP contribution in [0.2, 0.25) is 0 Å². The first-order chi connectivity index (χ1) is 7.11. The lowest BCUT2D eigenvalue weighted by atomic mass is 10.1. The number of nitrogens with zero attached hydrogens (tertiary/aromatic N) is 2. The van der Waals surface area contributed by atoms with Crippen molar-refractivity contribution in [3.63, 3.8) is 0 Å². The van der Waals surface area contributed by atoms with Crippen molar-refractivity contribution in [1.29, 1.82) is 0 Å². The quantitative estimate of drug-likeness (QED) is 0.790. The monoisotopic (exact) mass is 205 g/mol. The molecule has 0 radical (unpaired) electrons. The molecule has 0 atom stereocenters. The van der Waals surface area contributed by atoms with E-state index in [1.165, 1.54) is 11.3 Å². The molecule has 3 nitrogen and oxygen atoms in total. The van der Waals surface area contributed by atoms with Gasteiger partial charge in [0.2, 0.25) is 0 Å². The van der Waals surface area contributed by atoms with Crippen molar-refractivity contribution >= 4 is 12.2 Å². The highest BCUT2D eigenvalue weighted by atomic mass is 15.1. The fourth-order valence-electron chi connectivity index (χ4n) is 2.11. The second-order valence-electron chi connectivity index (χ2n) is 4.68. The van der Waals surface area contributed by atoms with Gasteiger partial charge in [-0.05, 0) is 25.8 Å². The molecule has 0 bridgehead atoms. The maximum Gasteiger partial charge on any atom is 0.139 e. The second-order valence-corrected chi connectivity index (χ2v) is 4.68. The molecule has 0 saturated heterocycles. The Morgan fingerprint density at radius 2 is 2.07 bits per heavy atom. The van der Waals surface area contributed by atoms with Crippen LogP contribution in [0.5, 0.6) is 0 Å². The van der Waals surface area contributed by atoms with E-state index >= 15 is 0 Å². The lowest BCUT2D eigenvalue weighted by Gasteiger charge is -2.18. The molecule has 3 heteroatoms. The van der Waals surface area contributed by atoms with Crippen LogP contribution in [-0.2, 0) is 6.54 Å². The topological polar surface area (TPSA) is 29.3 Å². The number of fused-ring (bicyclic) bond motifs is 1.